The standard InChI is InChI=1S/C15H11F2NS/c16-11-4-1-9(2-5-11)15(18)14-7-10-3-6-12(17)8-13(10)19-14/h1-8,15H,18H2. The van der Waals surface area contributed by atoms with Gasteiger partial charge in [0.2, 0.25) is 0 Å². The summed E-state index contributed by atoms with van der Waals surface area (Å²) in [5.41, 5.74) is 7.00. The van der Waals surface area contributed by atoms with E-state index < -0.39 is 0 Å². The van der Waals surface area contributed by atoms with Crippen LogP contribution < -0.4 is 5.73 Å². The smallest absolute Gasteiger partial charge is 0.124 e. The van der Waals surface area contributed by atoms with Crippen molar-refractivity contribution >= 4 is 21.4 Å². The van der Waals surface area contributed by atoms with E-state index in [4.69, 9.17) is 5.73 Å². The second-order valence-corrected chi connectivity index (χ2v) is 5.48. The maximum absolute atomic E-state index is 13.1. The quantitative estimate of drug-likeness (QED) is 0.744. The van der Waals surface area contributed by atoms with Crippen LogP contribution in [0.2, 0.25) is 0 Å². The fourth-order valence-corrected chi connectivity index (χ4v) is 3.13. The molecule has 96 valence electrons. The fourth-order valence-electron chi connectivity index (χ4n) is 2.01. The molecule has 0 aliphatic carbocycles. The minimum absolute atomic E-state index is 0.253. The Hall–Kier alpha value is -1.78. The van der Waals surface area contributed by atoms with Crippen LogP contribution in [0.15, 0.2) is 48.5 Å². The third kappa shape index (κ3) is 2.37. The van der Waals surface area contributed by atoms with Gasteiger partial charge in [0.25, 0.3) is 0 Å². The van der Waals surface area contributed by atoms with Crippen molar-refractivity contribution in [2.45, 2.75) is 6.04 Å². The Labute approximate surface area is 113 Å². The minimum atomic E-state index is -0.318. The number of halogens is 2. The molecule has 4 heteroatoms. The molecule has 2 aromatic carbocycles. The van der Waals surface area contributed by atoms with Crippen LogP contribution in [0, 0.1) is 11.6 Å². The predicted octanol–water partition coefficient (Wildman–Crippen LogP) is 4.23. The van der Waals surface area contributed by atoms with Gasteiger partial charge in [-0.05, 0) is 41.3 Å². The third-order valence-electron chi connectivity index (χ3n) is 3.04. The Bertz CT molecular complexity index is 719. The first-order chi connectivity index (χ1) is 9.13. The lowest BCUT2D eigenvalue weighted by Crippen LogP contribution is -2.09. The first kappa shape index (κ1) is 12.3. The second-order valence-electron chi connectivity index (χ2n) is 4.36. The molecule has 0 radical (unpaired) electrons. The molecular formula is C15H11F2NS. The lowest BCUT2D eigenvalue weighted by Gasteiger charge is -2.09. The second kappa shape index (κ2) is 4.72. The zero-order valence-electron chi connectivity index (χ0n) is 9.94. The summed E-state index contributed by atoms with van der Waals surface area (Å²) in [7, 11) is 0. The van der Waals surface area contributed by atoms with Crippen molar-refractivity contribution in [1.82, 2.24) is 0 Å². The summed E-state index contributed by atoms with van der Waals surface area (Å²) in [6, 6.07) is 12.4. The summed E-state index contributed by atoms with van der Waals surface area (Å²) >= 11 is 1.46. The summed E-state index contributed by atoms with van der Waals surface area (Å²) in [6.07, 6.45) is 0. The van der Waals surface area contributed by atoms with Crippen molar-refractivity contribution in [3.63, 3.8) is 0 Å². The van der Waals surface area contributed by atoms with E-state index in [-0.39, 0.29) is 17.7 Å². The number of fused-ring (bicyclic) bond motifs is 1. The molecule has 0 amide bonds. The largest absolute Gasteiger partial charge is 0.320 e. The molecule has 0 bridgehead atoms. The average molecular weight is 275 g/mol. The van der Waals surface area contributed by atoms with Crippen molar-refractivity contribution < 1.29 is 8.78 Å². The molecule has 0 aliphatic heterocycles. The van der Waals surface area contributed by atoms with Gasteiger partial charge in [-0.2, -0.15) is 0 Å². The van der Waals surface area contributed by atoms with E-state index in [0.717, 1.165) is 20.5 Å². The Morgan fingerprint density at radius 2 is 1.58 bits per heavy atom. The van der Waals surface area contributed by atoms with Gasteiger partial charge >= 0.3 is 0 Å². The van der Waals surface area contributed by atoms with E-state index in [1.54, 1.807) is 18.2 Å². The fraction of sp³-hybridized carbons (Fsp3) is 0.0667. The molecule has 1 atom stereocenters. The molecule has 0 spiro atoms. The average Bonchev–Trinajstić information content (AvgIpc) is 2.81. The van der Waals surface area contributed by atoms with Crippen molar-refractivity contribution in [3.05, 3.63) is 70.6 Å². The summed E-state index contributed by atoms with van der Waals surface area (Å²) in [5, 5.41) is 0.971. The highest BCUT2D eigenvalue weighted by molar-refractivity contribution is 7.19. The highest BCUT2D eigenvalue weighted by Gasteiger charge is 2.12. The number of rotatable bonds is 2. The van der Waals surface area contributed by atoms with Crippen LogP contribution in [0.25, 0.3) is 10.1 Å². The summed E-state index contributed by atoms with van der Waals surface area (Å²) in [5.74, 6) is -0.536. The number of thiophene rings is 1. The monoisotopic (exact) mass is 275 g/mol. The van der Waals surface area contributed by atoms with Gasteiger partial charge in [-0.25, -0.2) is 8.78 Å². The van der Waals surface area contributed by atoms with Gasteiger partial charge < -0.3 is 5.73 Å². The van der Waals surface area contributed by atoms with Gasteiger partial charge in [0, 0.05) is 9.58 Å². The van der Waals surface area contributed by atoms with Crippen LogP contribution in [-0.2, 0) is 0 Å². The van der Waals surface area contributed by atoms with E-state index in [1.807, 2.05) is 6.07 Å². The normalized spacial score (nSPS) is 12.8. The van der Waals surface area contributed by atoms with E-state index in [2.05, 4.69) is 0 Å². The summed E-state index contributed by atoms with van der Waals surface area (Å²) in [6.45, 7) is 0. The van der Waals surface area contributed by atoms with Gasteiger partial charge in [0.1, 0.15) is 11.6 Å². The minimum Gasteiger partial charge on any atom is -0.320 e. The van der Waals surface area contributed by atoms with Crippen molar-refractivity contribution in [2.24, 2.45) is 5.73 Å². The molecule has 0 saturated heterocycles. The van der Waals surface area contributed by atoms with Crippen LogP contribution in [0.5, 0.6) is 0 Å². The first-order valence-electron chi connectivity index (χ1n) is 5.83. The maximum Gasteiger partial charge on any atom is 0.124 e. The van der Waals surface area contributed by atoms with Crippen LogP contribution in [-0.4, -0.2) is 0 Å². The van der Waals surface area contributed by atoms with E-state index >= 15 is 0 Å². The van der Waals surface area contributed by atoms with Gasteiger partial charge in [-0.15, -0.1) is 11.3 Å². The topological polar surface area (TPSA) is 26.0 Å². The Balaban J connectivity index is 2.01. The van der Waals surface area contributed by atoms with Crippen molar-refractivity contribution in [2.75, 3.05) is 0 Å². The SMILES string of the molecule is NC(c1ccc(F)cc1)c1cc2ccc(F)cc2s1. The molecule has 1 heterocycles. The summed E-state index contributed by atoms with van der Waals surface area (Å²) < 4.78 is 26.9. The molecule has 3 rings (SSSR count). The lowest BCUT2D eigenvalue weighted by atomic mass is 10.1. The third-order valence-corrected chi connectivity index (χ3v) is 4.22. The Kier molecular flexibility index (Phi) is 3.05. The maximum atomic E-state index is 13.1. The zero-order valence-corrected chi connectivity index (χ0v) is 10.8. The lowest BCUT2D eigenvalue weighted by molar-refractivity contribution is 0.626. The molecule has 1 unspecified atom stereocenters. The molecule has 2 N–H and O–H groups in total. The molecule has 19 heavy (non-hydrogen) atoms. The van der Waals surface area contributed by atoms with E-state index in [1.165, 1.54) is 35.6 Å². The number of hydrogen-bond donors (Lipinski definition) is 1. The van der Waals surface area contributed by atoms with Crippen LogP contribution in [0.3, 0.4) is 0 Å². The Morgan fingerprint density at radius 3 is 2.32 bits per heavy atom. The van der Waals surface area contributed by atoms with Gasteiger partial charge in [-0.1, -0.05) is 18.2 Å². The predicted molar refractivity (Wildman–Crippen MR) is 74.2 cm³/mol. The van der Waals surface area contributed by atoms with Gasteiger partial charge in [-0.3, -0.25) is 0 Å². The molecule has 1 aromatic heterocycles. The number of hydrogen-bond acceptors (Lipinski definition) is 2. The van der Waals surface area contributed by atoms with Crippen molar-refractivity contribution in [3.8, 4) is 0 Å². The first-order valence-corrected chi connectivity index (χ1v) is 6.65. The molecular weight excluding hydrogens is 264 g/mol. The Morgan fingerprint density at radius 1 is 0.895 bits per heavy atom. The van der Waals surface area contributed by atoms with E-state index in [9.17, 15) is 8.78 Å². The van der Waals surface area contributed by atoms with E-state index in [0.29, 0.717) is 0 Å². The molecule has 0 aliphatic rings. The van der Waals surface area contributed by atoms with Gasteiger partial charge in [0.15, 0.2) is 0 Å². The van der Waals surface area contributed by atoms with Crippen LogP contribution in [0.1, 0.15) is 16.5 Å². The van der Waals surface area contributed by atoms with Crippen molar-refractivity contribution in [1.29, 1.82) is 0 Å². The zero-order chi connectivity index (χ0) is 13.4. The van der Waals surface area contributed by atoms with Gasteiger partial charge in [0.05, 0.1) is 6.04 Å². The number of benzene rings is 2. The van der Waals surface area contributed by atoms with Crippen LogP contribution in [0.4, 0.5) is 8.78 Å². The molecule has 3 aromatic rings. The molecule has 1 nitrogen and oxygen atoms in total. The molecule has 0 fully saturated rings. The highest BCUT2D eigenvalue weighted by atomic mass is 32.1. The van der Waals surface area contributed by atoms with Crippen LogP contribution >= 0.6 is 11.3 Å². The highest BCUT2D eigenvalue weighted by Crippen LogP contribution is 2.32. The summed E-state index contributed by atoms with van der Waals surface area (Å²) in [4.78, 5) is 0.937. The molecule has 0 saturated carbocycles. The number of nitrogens with two attached hydrogens (primary N) is 1.